The number of nitrogens with zero attached hydrogens (tertiary/aromatic N) is 1. The molecule has 0 radical (unpaired) electrons. The van der Waals surface area contributed by atoms with E-state index in [1.807, 2.05) is 20.8 Å². The monoisotopic (exact) mass is 351 g/mol. The van der Waals surface area contributed by atoms with Crippen LogP contribution in [-0.4, -0.2) is 23.7 Å². The molecule has 1 aromatic heterocycles. The molecule has 96 valence electrons. The van der Waals surface area contributed by atoms with Gasteiger partial charge in [-0.05, 0) is 12.8 Å². The number of amides is 1. The van der Waals surface area contributed by atoms with E-state index in [0.29, 0.717) is 22.6 Å². The van der Waals surface area contributed by atoms with Crippen molar-refractivity contribution in [1.82, 2.24) is 10.5 Å². The van der Waals surface area contributed by atoms with Crippen LogP contribution in [0.1, 0.15) is 35.7 Å². The Labute approximate surface area is 115 Å². The van der Waals surface area contributed by atoms with E-state index in [9.17, 15) is 4.79 Å². The molecule has 0 aliphatic carbocycles. The number of carbonyl (C=O) groups excluding carboxylic acids is 1. The average molecular weight is 351 g/mol. The first-order chi connectivity index (χ1) is 7.97. The van der Waals surface area contributed by atoms with Crippen LogP contribution in [0.4, 0.5) is 0 Å². The normalized spacial score (nSPS) is 12.8. The number of aromatic nitrogens is 1. The number of rotatable bonds is 5. The van der Waals surface area contributed by atoms with Gasteiger partial charge in [-0.15, -0.1) is 0 Å². The molecule has 0 aliphatic rings. The Morgan fingerprint density at radius 1 is 1.59 bits per heavy atom. The van der Waals surface area contributed by atoms with E-state index in [0.717, 1.165) is 11.3 Å². The summed E-state index contributed by atoms with van der Waals surface area (Å²) < 4.78 is 5.77. The van der Waals surface area contributed by atoms with Crippen LogP contribution in [0.15, 0.2) is 4.52 Å². The van der Waals surface area contributed by atoms with E-state index in [1.54, 1.807) is 0 Å². The summed E-state index contributed by atoms with van der Waals surface area (Å²) in [5, 5.41) is 6.55. The Bertz CT molecular complexity index is 390. The molecule has 5 nitrogen and oxygen atoms in total. The standard InChI is InChI=1S/C11H18IN3O2/c1-6(2)8(13)5-14-11(16)10-7(3)9(4-12)17-15-10/h6,8H,4-5,13H2,1-3H3,(H,14,16). The lowest BCUT2D eigenvalue weighted by atomic mass is 10.1. The molecule has 0 aliphatic heterocycles. The summed E-state index contributed by atoms with van der Waals surface area (Å²) in [4.78, 5) is 11.8. The maximum absolute atomic E-state index is 11.8. The van der Waals surface area contributed by atoms with E-state index in [1.165, 1.54) is 0 Å². The molecule has 1 amide bonds. The Hall–Kier alpha value is -0.630. The molecule has 0 saturated carbocycles. The molecule has 0 saturated heterocycles. The molecule has 6 heteroatoms. The van der Waals surface area contributed by atoms with Crippen LogP contribution < -0.4 is 11.1 Å². The summed E-state index contributed by atoms with van der Waals surface area (Å²) in [6.45, 7) is 6.32. The second kappa shape index (κ2) is 6.34. The summed E-state index contributed by atoms with van der Waals surface area (Å²) in [6, 6.07) is -0.0461. The molecule has 1 aromatic rings. The SMILES string of the molecule is Cc1c(C(=O)NCC(N)C(C)C)noc1CI. The first-order valence-corrected chi connectivity index (χ1v) is 7.04. The molecule has 1 heterocycles. The van der Waals surface area contributed by atoms with Crippen molar-refractivity contribution in [2.24, 2.45) is 11.7 Å². The van der Waals surface area contributed by atoms with Crippen LogP contribution in [0.2, 0.25) is 0 Å². The predicted octanol–water partition coefficient (Wildman–Crippen LogP) is 1.63. The molecule has 0 fully saturated rings. The molecular formula is C11H18IN3O2. The van der Waals surface area contributed by atoms with Gasteiger partial charge >= 0.3 is 0 Å². The molecule has 0 aromatic carbocycles. The minimum Gasteiger partial charge on any atom is -0.359 e. The summed E-state index contributed by atoms with van der Waals surface area (Å²) in [5.41, 5.74) is 7.01. The maximum atomic E-state index is 11.8. The van der Waals surface area contributed by atoms with Gasteiger partial charge in [0.1, 0.15) is 5.76 Å². The van der Waals surface area contributed by atoms with Crippen molar-refractivity contribution in [1.29, 1.82) is 0 Å². The number of hydrogen-bond acceptors (Lipinski definition) is 4. The highest BCUT2D eigenvalue weighted by molar-refractivity contribution is 14.1. The zero-order chi connectivity index (χ0) is 13.0. The fraction of sp³-hybridized carbons (Fsp3) is 0.636. The number of hydrogen-bond donors (Lipinski definition) is 2. The lowest BCUT2D eigenvalue weighted by molar-refractivity contribution is 0.0939. The van der Waals surface area contributed by atoms with Gasteiger partial charge in [-0.3, -0.25) is 4.79 Å². The fourth-order valence-corrected chi connectivity index (χ4v) is 1.95. The van der Waals surface area contributed by atoms with Crippen LogP contribution in [0, 0.1) is 12.8 Å². The quantitative estimate of drug-likeness (QED) is 0.624. The minimum atomic E-state index is -0.224. The fourth-order valence-electron chi connectivity index (χ4n) is 1.24. The number of halogens is 1. The predicted molar refractivity (Wildman–Crippen MR) is 74.1 cm³/mol. The Morgan fingerprint density at radius 3 is 2.71 bits per heavy atom. The third kappa shape index (κ3) is 3.67. The summed E-state index contributed by atoms with van der Waals surface area (Å²) in [6.07, 6.45) is 0. The highest BCUT2D eigenvalue weighted by Crippen LogP contribution is 2.15. The highest BCUT2D eigenvalue weighted by Gasteiger charge is 2.18. The van der Waals surface area contributed by atoms with Gasteiger partial charge in [0.05, 0.1) is 4.43 Å². The third-order valence-corrected chi connectivity index (χ3v) is 3.40. The number of nitrogens with one attached hydrogen (secondary N) is 1. The molecule has 3 N–H and O–H groups in total. The maximum Gasteiger partial charge on any atom is 0.273 e. The molecular weight excluding hydrogens is 333 g/mol. The first-order valence-electron chi connectivity index (χ1n) is 5.52. The molecule has 0 spiro atoms. The number of nitrogens with two attached hydrogens (primary N) is 1. The Kier molecular flexibility index (Phi) is 5.38. The minimum absolute atomic E-state index is 0.0461. The van der Waals surface area contributed by atoms with Crippen molar-refractivity contribution in [2.45, 2.75) is 31.2 Å². The van der Waals surface area contributed by atoms with Crippen molar-refractivity contribution >= 4 is 28.5 Å². The van der Waals surface area contributed by atoms with Gasteiger partial charge in [0.2, 0.25) is 0 Å². The second-order valence-electron chi connectivity index (χ2n) is 4.33. The van der Waals surface area contributed by atoms with Crippen LogP contribution in [-0.2, 0) is 4.43 Å². The van der Waals surface area contributed by atoms with E-state index < -0.39 is 0 Å². The second-order valence-corrected chi connectivity index (χ2v) is 5.09. The van der Waals surface area contributed by atoms with Crippen LogP contribution >= 0.6 is 22.6 Å². The van der Waals surface area contributed by atoms with E-state index in [4.69, 9.17) is 10.3 Å². The van der Waals surface area contributed by atoms with Gasteiger partial charge in [-0.25, -0.2) is 0 Å². The van der Waals surface area contributed by atoms with Crippen molar-refractivity contribution in [2.75, 3.05) is 6.54 Å². The highest BCUT2D eigenvalue weighted by atomic mass is 127. The van der Waals surface area contributed by atoms with Crippen LogP contribution in [0.3, 0.4) is 0 Å². The molecule has 1 unspecified atom stereocenters. The van der Waals surface area contributed by atoms with Crippen molar-refractivity contribution in [3.05, 3.63) is 17.0 Å². The topological polar surface area (TPSA) is 81.2 Å². The van der Waals surface area contributed by atoms with Gasteiger partial charge in [-0.2, -0.15) is 0 Å². The lowest BCUT2D eigenvalue weighted by Gasteiger charge is -2.15. The Balaban J connectivity index is 2.61. The zero-order valence-electron chi connectivity index (χ0n) is 10.3. The lowest BCUT2D eigenvalue weighted by Crippen LogP contribution is -2.40. The van der Waals surface area contributed by atoms with E-state index in [2.05, 4.69) is 33.1 Å². The van der Waals surface area contributed by atoms with Gasteiger partial charge in [0.15, 0.2) is 5.69 Å². The molecule has 0 bridgehead atoms. The van der Waals surface area contributed by atoms with E-state index >= 15 is 0 Å². The average Bonchev–Trinajstić information content (AvgIpc) is 2.66. The molecule has 17 heavy (non-hydrogen) atoms. The van der Waals surface area contributed by atoms with Gasteiger partial charge in [0.25, 0.3) is 5.91 Å². The van der Waals surface area contributed by atoms with Gasteiger partial charge in [-0.1, -0.05) is 41.6 Å². The number of carbonyl (C=O) groups is 1. The number of alkyl halides is 1. The van der Waals surface area contributed by atoms with Crippen molar-refractivity contribution in [3.63, 3.8) is 0 Å². The largest absolute Gasteiger partial charge is 0.359 e. The Morgan fingerprint density at radius 2 is 2.24 bits per heavy atom. The van der Waals surface area contributed by atoms with Gasteiger partial charge in [0, 0.05) is 18.2 Å². The van der Waals surface area contributed by atoms with Crippen molar-refractivity contribution < 1.29 is 9.32 Å². The zero-order valence-corrected chi connectivity index (χ0v) is 12.4. The molecule has 1 atom stereocenters. The first kappa shape index (κ1) is 14.4. The third-order valence-electron chi connectivity index (χ3n) is 2.71. The summed E-state index contributed by atoms with van der Waals surface area (Å²) in [5.74, 6) is 0.848. The van der Waals surface area contributed by atoms with Crippen molar-refractivity contribution in [3.8, 4) is 0 Å². The summed E-state index contributed by atoms with van der Waals surface area (Å²) in [7, 11) is 0. The molecule has 1 rings (SSSR count). The smallest absolute Gasteiger partial charge is 0.273 e. The van der Waals surface area contributed by atoms with Gasteiger partial charge < -0.3 is 15.6 Å². The van der Waals surface area contributed by atoms with E-state index in [-0.39, 0.29) is 11.9 Å². The summed E-state index contributed by atoms with van der Waals surface area (Å²) >= 11 is 2.17. The van der Waals surface area contributed by atoms with Crippen LogP contribution in [0.25, 0.3) is 0 Å². The van der Waals surface area contributed by atoms with Crippen LogP contribution in [0.5, 0.6) is 0 Å².